The van der Waals surface area contributed by atoms with E-state index < -0.39 is 36.3 Å². The maximum Gasteiger partial charge on any atom is 0.329 e. The number of carbonyl (C=O) groups excluding carboxylic acids is 4. The molecule has 0 radical (unpaired) electrons. The zero-order valence-corrected chi connectivity index (χ0v) is 15.2. The van der Waals surface area contributed by atoms with E-state index in [1.54, 1.807) is 24.3 Å². The summed E-state index contributed by atoms with van der Waals surface area (Å²) in [5, 5.41) is 2.49. The van der Waals surface area contributed by atoms with Gasteiger partial charge in [-0.3, -0.25) is 19.3 Å². The topological polar surface area (TPSA) is 92.8 Å². The van der Waals surface area contributed by atoms with Gasteiger partial charge in [-0.1, -0.05) is 18.2 Å². The van der Waals surface area contributed by atoms with Crippen LogP contribution in [0.25, 0.3) is 0 Å². The Balaban J connectivity index is 2.13. The van der Waals surface area contributed by atoms with Crippen LogP contribution in [0, 0.1) is 0 Å². The van der Waals surface area contributed by atoms with Crippen molar-refractivity contribution in [2.45, 2.75) is 12.5 Å². The highest BCUT2D eigenvalue weighted by atomic mass is 32.2. The van der Waals surface area contributed by atoms with E-state index in [1.807, 2.05) is 6.26 Å². The van der Waals surface area contributed by atoms with Gasteiger partial charge in [0.1, 0.15) is 6.04 Å². The molecule has 1 aliphatic heterocycles. The summed E-state index contributed by atoms with van der Waals surface area (Å²) < 4.78 is 5.03. The Morgan fingerprint density at radius 1 is 1.27 bits per heavy atom. The van der Waals surface area contributed by atoms with Gasteiger partial charge in [-0.05, 0) is 30.6 Å². The van der Waals surface area contributed by atoms with Crippen molar-refractivity contribution >= 4 is 35.5 Å². The third kappa shape index (κ3) is 4.32. The summed E-state index contributed by atoms with van der Waals surface area (Å²) >= 11 is 1.48. The molecule has 0 saturated heterocycles. The molecule has 2 rings (SSSR count). The minimum absolute atomic E-state index is 0.250. The summed E-state index contributed by atoms with van der Waals surface area (Å²) in [6.45, 7) is 3.25. The summed E-state index contributed by atoms with van der Waals surface area (Å²) in [5.41, 5.74) is 0.534. The average molecular weight is 376 g/mol. The summed E-state index contributed by atoms with van der Waals surface area (Å²) in [5.74, 6) is -1.75. The highest BCUT2D eigenvalue weighted by molar-refractivity contribution is 7.98. The highest BCUT2D eigenvalue weighted by Gasteiger charge is 2.43. The molecular weight excluding hydrogens is 356 g/mol. The predicted octanol–water partition coefficient (Wildman–Crippen LogP) is 1.25. The number of amides is 3. The Kier molecular flexibility index (Phi) is 6.97. The lowest BCUT2D eigenvalue weighted by Crippen LogP contribution is -2.46. The van der Waals surface area contributed by atoms with E-state index in [2.05, 4.69) is 11.9 Å². The van der Waals surface area contributed by atoms with Crippen LogP contribution in [-0.4, -0.2) is 59.8 Å². The first-order chi connectivity index (χ1) is 12.5. The van der Waals surface area contributed by atoms with Crippen LogP contribution in [0.1, 0.15) is 27.1 Å². The van der Waals surface area contributed by atoms with Crippen LogP contribution in [0.15, 0.2) is 36.9 Å². The van der Waals surface area contributed by atoms with Crippen molar-refractivity contribution in [1.29, 1.82) is 0 Å². The number of rotatable bonds is 9. The molecule has 0 bridgehead atoms. The van der Waals surface area contributed by atoms with Crippen LogP contribution in [-0.2, 0) is 14.3 Å². The molecule has 1 heterocycles. The van der Waals surface area contributed by atoms with Gasteiger partial charge in [0.15, 0.2) is 6.61 Å². The lowest BCUT2D eigenvalue weighted by Gasteiger charge is -2.24. The van der Waals surface area contributed by atoms with Crippen molar-refractivity contribution < 1.29 is 23.9 Å². The van der Waals surface area contributed by atoms with Crippen LogP contribution >= 0.6 is 11.8 Å². The Hall–Kier alpha value is -2.61. The molecule has 0 unspecified atom stereocenters. The second-order valence-electron chi connectivity index (χ2n) is 5.52. The molecule has 3 amide bonds. The molecule has 0 saturated carbocycles. The first-order valence-electron chi connectivity index (χ1n) is 8.01. The molecule has 1 aromatic carbocycles. The number of carbonyl (C=O) groups is 4. The van der Waals surface area contributed by atoms with Gasteiger partial charge < -0.3 is 10.1 Å². The Morgan fingerprint density at radius 2 is 1.88 bits per heavy atom. The lowest BCUT2D eigenvalue weighted by molar-refractivity contribution is -0.152. The third-order valence-corrected chi connectivity index (χ3v) is 4.44. The van der Waals surface area contributed by atoms with E-state index in [-0.39, 0.29) is 24.1 Å². The van der Waals surface area contributed by atoms with E-state index in [0.717, 1.165) is 4.90 Å². The molecule has 0 aliphatic carbocycles. The summed E-state index contributed by atoms with van der Waals surface area (Å²) in [4.78, 5) is 50.2. The predicted molar refractivity (Wildman–Crippen MR) is 97.9 cm³/mol. The first-order valence-corrected chi connectivity index (χ1v) is 9.40. The van der Waals surface area contributed by atoms with Crippen LogP contribution in [0.5, 0.6) is 0 Å². The molecular formula is C18H20N2O5S. The number of hydrogen-bond acceptors (Lipinski definition) is 6. The normalized spacial score (nSPS) is 14.0. The Morgan fingerprint density at radius 3 is 2.42 bits per heavy atom. The number of thioether (sulfide) groups is 1. The van der Waals surface area contributed by atoms with Gasteiger partial charge in [0.25, 0.3) is 17.7 Å². The fourth-order valence-electron chi connectivity index (χ4n) is 2.54. The van der Waals surface area contributed by atoms with Crippen LogP contribution in [0.2, 0.25) is 0 Å². The van der Waals surface area contributed by atoms with Gasteiger partial charge in [0.2, 0.25) is 0 Å². The molecule has 1 aromatic rings. The van der Waals surface area contributed by atoms with E-state index in [4.69, 9.17) is 4.74 Å². The fourth-order valence-corrected chi connectivity index (χ4v) is 3.00. The third-order valence-electron chi connectivity index (χ3n) is 3.79. The summed E-state index contributed by atoms with van der Waals surface area (Å²) in [6, 6.07) is 5.35. The average Bonchev–Trinajstić information content (AvgIpc) is 2.90. The monoisotopic (exact) mass is 376 g/mol. The zero-order chi connectivity index (χ0) is 19.1. The van der Waals surface area contributed by atoms with Crippen molar-refractivity contribution in [3.8, 4) is 0 Å². The first kappa shape index (κ1) is 19.7. The zero-order valence-electron chi connectivity index (χ0n) is 14.4. The fraction of sp³-hybridized carbons (Fsp3) is 0.333. The molecule has 138 valence electrons. The molecule has 26 heavy (non-hydrogen) atoms. The minimum Gasteiger partial charge on any atom is -0.454 e. The standard InChI is InChI=1S/C18H20N2O5S/c1-3-9-19-15(21)11-25-18(24)14(8-10-26-2)20-16(22)12-6-4-5-7-13(12)17(20)23/h3-7,14H,1,8-11H2,2H3,(H,19,21)/t14-/m0/s1. The van der Waals surface area contributed by atoms with Crippen molar-refractivity contribution in [2.75, 3.05) is 25.2 Å². The van der Waals surface area contributed by atoms with Crippen LogP contribution in [0.4, 0.5) is 0 Å². The second kappa shape index (κ2) is 9.19. The number of imide groups is 1. The molecule has 0 spiro atoms. The van der Waals surface area contributed by atoms with Crippen LogP contribution < -0.4 is 5.32 Å². The number of esters is 1. The van der Waals surface area contributed by atoms with E-state index in [9.17, 15) is 19.2 Å². The number of fused-ring (bicyclic) bond motifs is 1. The molecule has 1 N–H and O–H groups in total. The molecule has 0 aromatic heterocycles. The Labute approximate surface area is 155 Å². The quantitative estimate of drug-likeness (QED) is 0.396. The van der Waals surface area contributed by atoms with E-state index in [1.165, 1.54) is 17.8 Å². The summed E-state index contributed by atoms with van der Waals surface area (Å²) in [6.07, 6.45) is 3.60. The Bertz CT molecular complexity index is 699. The second-order valence-corrected chi connectivity index (χ2v) is 6.51. The van der Waals surface area contributed by atoms with Crippen molar-refractivity contribution in [2.24, 2.45) is 0 Å². The molecule has 7 nitrogen and oxygen atoms in total. The largest absolute Gasteiger partial charge is 0.454 e. The SMILES string of the molecule is C=CCNC(=O)COC(=O)[C@H](CCSC)N1C(=O)c2ccccc2C1=O. The van der Waals surface area contributed by atoms with Crippen molar-refractivity contribution in [1.82, 2.24) is 10.2 Å². The van der Waals surface area contributed by atoms with E-state index >= 15 is 0 Å². The van der Waals surface area contributed by atoms with Crippen molar-refractivity contribution in [3.05, 3.63) is 48.0 Å². The van der Waals surface area contributed by atoms with E-state index in [0.29, 0.717) is 5.75 Å². The maximum atomic E-state index is 12.6. The summed E-state index contributed by atoms with van der Waals surface area (Å²) in [7, 11) is 0. The minimum atomic E-state index is -1.07. The van der Waals surface area contributed by atoms with Gasteiger partial charge in [-0.2, -0.15) is 11.8 Å². The number of nitrogens with one attached hydrogen (secondary N) is 1. The maximum absolute atomic E-state index is 12.6. The van der Waals surface area contributed by atoms with Gasteiger partial charge in [-0.25, -0.2) is 4.79 Å². The molecule has 1 atom stereocenters. The van der Waals surface area contributed by atoms with Gasteiger partial charge in [0, 0.05) is 6.54 Å². The molecule has 1 aliphatic rings. The van der Waals surface area contributed by atoms with Gasteiger partial charge in [-0.15, -0.1) is 6.58 Å². The highest BCUT2D eigenvalue weighted by Crippen LogP contribution is 2.26. The number of ether oxygens (including phenoxy) is 1. The molecule has 8 heteroatoms. The number of nitrogens with zero attached hydrogens (tertiary/aromatic N) is 1. The van der Waals surface area contributed by atoms with Crippen LogP contribution in [0.3, 0.4) is 0 Å². The number of benzene rings is 1. The molecule has 0 fully saturated rings. The van der Waals surface area contributed by atoms with Gasteiger partial charge in [0.05, 0.1) is 11.1 Å². The van der Waals surface area contributed by atoms with Crippen molar-refractivity contribution in [3.63, 3.8) is 0 Å². The van der Waals surface area contributed by atoms with Gasteiger partial charge >= 0.3 is 5.97 Å². The lowest BCUT2D eigenvalue weighted by atomic mass is 10.1. The number of hydrogen-bond donors (Lipinski definition) is 1. The smallest absolute Gasteiger partial charge is 0.329 e.